The molecule has 4 rings (SSSR count). The molecule has 2 heterocycles. The number of ether oxygens (including phenoxy) is 1. The first-order valence-corrected chi connectivity index (χ1v) is 13.2. The Labute approximate surface area is 203 Å². The maximum atomic E-state index is 14.0. The molecule has 0 aromatic carbocycles. The second-order valence-electron chi connectivity index (χ2n) is 12.8. The van der Waals surface area contributed by atoms with Crippen LogP contribution in [0.3, 0.4) is 0 Å². The van der Waals surface area contributed by atoms with Crippen LogP contribution in [0.15, 0.2) is 0 Å². The number of ketones is 2. The van der Waals surface area contributed by atoms with Gasteiger partial charge in [0.05, 0.1) is 29.1 Å². The molecular formula is C27H44O7. The predicted octanol–water partition coefficient (Wildman–Crippen LogP) is 2.61. The molecule has 4 fully saturated rings. The largest absolute Gasteiger partial charge is 0.396 e. The highest BCUT2D eigenvalue weighted by Crippen LogP contribution is 2.66. The van der Waals surface area contributed by atoms with E-state index in [2.05, 4.69) is 13.8 Å². The van der Waals surface area contributed by atoms with Crippen molar-refractivity contribution in [2.24, 2.45) is 40.4 Å². The number of fused-ring (bicyclic) bond motifs is 1. The Morgan fingerprint density at radius 1 is 1.15 bits per heavy atom. The van der Waals surface area contributed by atoms with Gasteiger partial charge < -0.3 is 25.2 Å². The zero-order valence-electron chi connectivity index (χ0n) is 21.4. The summed E-state index contributed by atoms with van der Waals surface area (Å²) in [6.07, 6.45) is 3.59. The maximum absolute atomic E-state index is 14.0. The fourth-order valence-electron chi connectivity index (χ4n) is 8.28. The first-order chi connectivity index (χ1) is 15.7. The number of hydrogen-bond donors (Lipinski definition) is 4. The van der Waals surface area contributed by atoms with Crippen molar-refractivity contribution in [3.63, 3.8) is 0 Å². The van der Waals surface area contributed by atoms with Gasteiger partial charge in [-0.3, -0.25) is 9.59 Å². The van der Waals surface area contributed by atoms with Gasteiger partial charge in [0.15, 0.2) is 5.79 Å². The molecule has 7 heteroatoms. The van der Waals surface area contributed by atoms with Gasteiger partial charge in [-0.2, -0.15) is 0 Å². The molecule has 2 saturated heterocycles. The van der Waals surface area contributed by atoms with Crippen molar-refractivity contribution in [1.29, 1.82) is 0 Å². The summed E-state index contributed by atoms with van der Waals surface area (Å²) < 4.78 is 6.04. The highest BCUT2D eigenvalue weighted by Gasteiger charge is 2.75. The van der Waals surface area contributed by atoms with Gasteiger partial charge in [0.2, 0.25) is 0 Å². The average Bonchev–Trinajstić information content (AvgIpc) is 3.16. The van der Waals surface area contributed by atoms with Gasteiger partial charge in [0, 0.05) is 18.9 Å². The van der Waals surface area contributed by atoms with Gasteiger partial charge in [-0.15, -0.1) is 0 Å². The number of hydrogen-bond acceptors (Lipinski definition) is 7. The molecule has 0 aromatic heterocycles. The second-order valence-corrected chi connectivity index (χ2v) is 12.8. The predicted molar refractivity (Wildman–Crippen MR) is 126 cm³/mol. The highest BCUT2D eigenvalue weighted by molar-refractivity contribution is 5.99. The van der Waals surface area contributed by atoms with Crippen molar-refractivity contribution in [1.82, 2.24) is 0 Å². The van der Waals surface area contributed by atoms with Gasteiger partial charge in [0.25, 0.3) is 0 Å². The normalized spacial score (nSPS) is 46.1. The van der Waals surface area contributed by atoms with E-state index < -0.39 is 34.7 Å². The topological polar surface area (TPSA) is 124 Å². The van der Waals surface area contributed by atoms with Crippen molar-refractivity contribution in [3.8, 4) is 0 Å². The van der Waals surface area contributed by atoms with E-state index in [1.54, 1.807) is 20.8 Å². The Morgan fingerprint density at radius 3 is 2.44 bits per heavy atom. The third-order valence-corrected chi connectivity index (χ3v) is 10.5. The van der Waals surface area contributed by atoms with Gasteiger partial charge in [-0.05, 0) is 88.9 Å². The summed E-state index contributed by atoms with van der Waals surface area (Å²) in [6, 6.07) is 0. The number of carbonyl (C=O) groups excluding carboxylic acids is 2. The minimum Gasteiger partial charge on any atom is -0.396 e. The Hall–Kier alpha value is -0.860. The monoisotopic (exact) mass is 480 g/mol. The van der Waals surface area contributed by atoms with Crippen LogP contribution in [0.1, 0.15) is 86.0 Å². The summed E-state index contributed by atoms with van der Waals surface area (Å²) in [5.74, 6) is -2.99. The molecule has 0 aromatic rings. The molecule has 0 radical (unpaired) electrons. The number of carbonyl (C=O) groups is 2. The fraction of sp³-hybridized carbons (Fsp3) is 0.926. The van der Waals surface area contributed by atoms with Crippen molar-refractivity contribution >= 4 is 11.6 Å². The zero-order chi connectivity index (χ0) is 25.3. The molecule has 2 saturated carbocycles. The van der Waals surface area contributed by atoms with Crippen LogP contribution in [0.2, 0.25) is 0 Å². The molecule has 34 heavy (non-hydrogen) atoms. The summed E-state index contributed by atoms with van der Waals surface area (Å²) in [5.41, 5.74) is -2.62. The molecule has 4 N–H and O–H groups in total. The summed E-state index contributed by atoms with van der Waals surface area (Å²) in [5, 5.41) is 42.1. The first kappa shape index (κ1) is 26.2. The molecule has 194 valence electrons. The van der Waals surface area contributed by atoms with Crippen LogP contribution in [-0.2, 0) is 14.3 Å². The minimum atomic E-state index is -1.73. The second kappa shape index (κ2) is 8.62. The van der Waals surface area contributed by atoms with Crippen LogP contribution in [0, 0.1) is 40.4 Å². The Morgan fingerprint density at radius 2 is 1.82 bits per heavy atom. The number of rotatable bonds is 8. The first-order valence-electron chi connectivity index (χ1n) is 13.2. The Kier molecular flexibility index (Phi) is 6.64. The van der Waals surface area contributed by atoms with E-state index in [4.69, 9.17) is 4.74 Å². The lowest BCUT2D eigenvalue weighted by Gasteiger charge is -2.50. The van der Waals surface area contributed by atoms with Gasteiger partial charge >= 0.3 is 0 Å². The van der Waals surface area contributed by atoms with Crippen LogP contribution in [0.5, 0.6) is 0 Å². The van der Waals surface area contributed by atoms with Crippen LogP contribution in [-0.4, -0.2) is 62.2 Å². The third kappa shape index (κ3) is 3.73. The van der Waals surface area contributed by atoms with Gasteiger partial charge in [-0.25, -0.2) is 0 Å². The Balaban J connectivity index is 1.63. The summed E-state index contributed by atoms with van der Waals surface area (Å²) in [6.45, 7) is 9.25. The maximum Gasteiger partial charge on any atom is 0.188 e. The lowest BCUT2D eigenvalue weighted by atomic mass is 9.61. The van der Waals surface area contributed by atoms with Crippen LogP contribution >= 0.6 is 0 Å². The van der Waals surface area contributed by atoms with Crippen LogP contribution in [0.25, 0.3) is 0 Å². The molecule has 3 unspecified atom stereocenters. The van der Waals surface area contributed by atoms with E-state index in [0.29, 0.717) is 25.7 Å². The molecule has 4 aliphatic rings. The summed E-state index contributed by atoms with van der Waals surface area (Å²) >= 11 is 0. The van der Waals surface area contributed by atoms with Crippen molar-refractivity contribution in [2.45, 2.75) is 110 Å². The summed E-state index contributed by atoms with van der Waals surface area (Å²) in [7, 11) is 0. The molecule has 2 bridgehead atoms. The summed E-state index contributed by atoms with van der Waals surface area (Å²) in [4.78, 5) is 27.3. The lowest BCUT2D eigenvalue weighted by molar-refractivity contribution is -0.324. The van der Waals surface area contributed by atoms with E-state index in [1.165, 1.54) is 0 Å². The molecule has 0 amide bonds. The molecule has 2 aliphatic carbocycles. The van der Waals surface area contributed by atoms with E-state index in [0.717, 1.165) is 19.3 Å². The van der Waals surface area contributed by atoms with Gasteiger partial charge in [0.1, 0.15) is 11.6 Å². The SMILES string of the molecule is C[C@H](CC[C@H](O)C(C)(C)O)[C@H]1CC[C@@H]([C@H]2C(=O)[C@@]3(C)CCC4CC(=O)C2C3(O)O4)[C@]1(C)CCO. The molecule has 7 nitrogen and oxygen atoms in total. The number of aliphatic hydroxyl groups excluding tert-OH is 2. The molecule has 0 spiro atoms. The minimum absolute atomic E-state index is 0.0118. The highest BCUT2D eigenvalue weighted by atomic mass is 16.6. The quantitative estimate of drug-likeness (QED) is 0.421. The smallest absolute Gasteiger partial charge is 0.188 e. The van der Waals surface area contributed by atoms with Crippen molar-refractivity contribution < 1.29 is 34.8 Å². The van der Waals surface area contributed by atoms with E-state index >= 15 is 0 Å². The van der Waals surface area contributed by atoms with Crippen LogP contribution in [0.4, 0.5) is 0 Å². The molecule has 10 atom stereocenters. The van der Waals surface area contributed by atoms with Crippen molar-refractivity contribution in [2.75, 3.05) is 6.61 Å². The fourth-order valence-corrected chi connectivity index (χ4v) is 8.28. The van der Waals surface area contributed by atoms with Gasteiger partial charge in [-0.1, -0.05) is 13.8 Å². The zero-order valence-corrected chi connectivity index (χ0v) is 21.4. The number of aliphatic hydroxyl groups is 4. The van der Waals surface area contributed by atoms with Crippen LogP contribution < -0.4 is 0 Å². The van der Waals surface area contributed by atoms with E-state index in [1.807, 2.05) is 0 Å². The third-order valence-electron chi connectivity index (χ3n) is 10.5. The Bertz CT molecular complexity index is 820. The number of Topliss-reactive ketones (excluding diaryl/α,β-unsaturated/α-hetero) is 2. The molecular weight excluding hydrogens is 436 g/mol. The average molecular weight is 481 g/mol. The van der Waals surface area contributed by atoms with Crippen molar-refractivity contribution in [3.05, 3.63) is 0 Å². The van der Waals surface area contributed by atoms with E-state index in [-0.39, 0.29) is 53.9 Å². The standard InChI is InChI=1S/C27H44O7/c1-15(6-9-20(30)24(2,3)32)17-7-8-18(25(17,4)12-13-28)21-22-19(29)14-16-10-11-26(5,23(21)31)27(22,33)34-16/h15-18,20-22,28,30,32-33H,6-14H2,1-5H3/t15-,16?,17-,18+,20+,21-,22?,25-,26-,27?/m1/s1. The lowest BCUT2D eigenvalue weighted by Crippen LogP contribution is -2.61. The van der Waals surface area contributed by atoms with E-state index in [9.17, 15) is 30.0 Å². The molecule has 2 aliphatic heterocycles.